The number of ether oxygens (including phenoxy) is 2. The van der Waals surface area contributed by atoms with Gasteiger partial charge in [0.1, 0.15) is 11.5 Å². The van der Waals surface area contributed by atoms with Gasteiger partial charge in [0, 0.05) is 17.8 Å². The Kier molecular flexibility index (Phi) is 5.63. The van der Waals surface area contributed by atoms with Crippen LogP contribution in [-0.2, 0) is 9.59 Å². The maximum absolute atomic E-state index is 13.2. The van der Waals surface area contributed by atoms with Crippen LogP contribution in [0.3, 0.4) is 0 Å². The van der Waals surface area contributed by atoms with Crippen molar-refractivity contribution in [2.24, 2.45) is 0 Å². The number of amides is 2. The van der Waals surface area contributed by atoms with Crippen molar-refractivity contribution in [3.05, 3.63) is 48.0 Å². The summed E-state index contributed by atoms with van der Waals surface area (Å²) in [6.07, 6.45) is 0.254. The van der Waals surface area contributed by atoms with E-state index in [-0.39, 0.29) is 24.3 Å². The van der Waals surface area contributed by atoms with Gasteiger partial charge in [0.25, 0.3) is 5.91 Å². The van der Waals surface area contributed by atoms with Crippen molar-refractivity contribution in [2.75, 3.05) is 50.2 Å². The number of methoxy groups -OCH3 is 2. The molecule has 7 heteroatoms. The first-order chi connectivity index (χ1) is 14.5. The van der Waals surface area contributed by atoms with Crippen LogP contribution in [-0.4, -0.2) is 58.3 Å². The van der Waals surface area contributed by atoms with Gasteiger partial charge in [0.05, 0.1) is 52.5 Å². The third-order valence-corrected chi connectivity index (χ3v) is 6.12. The Bertz CT molecular complexity index is 953. The maximum atomic E-state index is 13.2. The monoisotopic (exact) mass is 410 g/mol. The van der Waals surface area contributed by atoms with E-state index in [1.165, 1.54) is 9.80 Å². The summed E-state index contributed by atoms with van der Waals surface area (Å²) in [4.78, 5) is 30.8. The summed E-state index contributed by atoms with van der Waals surface area (Å²) in [6.45, 7) is 5.19. The molecule has 0 bridgehead atoms. The molecule has 2 aromatic rings. The fraction of sp³-hybridized carbons (Fsp3) is 0.391. The third kappa shape index (κ3) is 3.73. The molecule has 0 spiro atoms. The van der Waals surface area contributed by atoms with E-state index in [1.807, 2.05) is 37.3 Å². The zero-order valence-corrected chi connectivity index (χ0v) is 17.7. The predicted molar refractivity (Wildman–Crippen MR) is 115 cm³/mol. The molecule has 0 saturated carbocycles. The molecule has 2 heterocycles. The number of aryl methyl sites for hydroxylation is 1. The molecule has 2 saturated heterocycles. The summed E-state index contributed by atoms with van der Waals surface area (Å²) in [6, 6.07) is 13.2. The van der Waals surface area contributed by atoms with E-state index in [4.69, 9.17) is 9.47 Å². The second-order valence-electron chi connectivity index (χ2n) is 7.82. The minimum Gasteiger partial charge on any atom is -0.497 e. The zero-order chi connectivity index (χ0) is 21.3. The van der Waals surface area contributed by atoms with Crippen molar-refractivity contribution < 1.29 is 24.0 Å². The van der Waals surface area contributed by atoms with Crippen LogP contribution in [0.4, 0.5) is 11.4 Å². The molecule has 2 aliphatic heterocycles. The highest BCUT2D eigenvalue weighted by Crippen LogP contribution is 2.29. The van der Waals surface area contributed by atoms with Gasteiger partial charge in [-0.2, -0.15) is 0 Å². The lowest BCUT2D eigenvalue weighted by molar-refractivity contribution is -0.915. The van der Waals surface area contributed by atoms with Crippen LogP contribution in [0.2, 0.25) is 0 Å². The Morgan fingerprint density at radius 2 is 1.67 bits per heavy atom. The van der Waals surface area contributed by atoms with Gasteiger partial charge in [-0.15, -0.1) is 0 Å². The minimum atomic E-state index is -0.324. The van der Waals surface area contributed by atoms with Crippen LogP contribution >= 0.6 is 0 Å². The first-order valence-corrected chi connectivity index (χ1v) is 10.3. The maximum Gasteiger partial charge on any atom is 0.292 e. The van der Waals surface area contributed by atoms with Crippen LogP contribution < -0.4 is 24.2 Å². The first-order valence-electron chi connectivity index (χ1n) is 10.3. The smallest absolute Gasteiger partial charge is 0.292 e. The Hall–Kier alpha value is -3.06. The summed E-state index contributed by atoms with van der Waals surface area (Å²) < 4.78 is 10.6. The lowest BCUT2D eigenvalue weighted by Gasteiger charge is -2.35. The van der Waals surface area contributed by atoms with E-state index in [2.05, 4.69) is 11.0 Å². The van der Waals surface area contributed by atoms with E-state index < -0.39 is 0 Å². The lowest BCUT2D eigenvalue weighted by Crippen LogP contribution is -3.19. The van der Waals surface area contributed by atoms with Gasteiger partial charge in [0.2, 0.25) is 5.91 Å². The first kappa shape index (κ1) is 20.2. The molecular weight excluding hydrogens is 382 g/mol. The zero-order valence-electron chi connectivity index (χ0n) is 17.7. The highest BCUT2D eigenvalue weighted by Gasteiger charge is 2.46. The van der Waals surface area contributed by atoms with Crippen molar-refractivity contribution in [3.8, 4) is 11.5 Å². The number of nitrogens with one attached hydrogen (secondary N) is 1. The predicted octanol–water partition coefficient (Wildman–Crippen LogP) is 1.05. The molecule has 2 aliphatic rings. The third-order valence-electron chi connectivity index (χ3n) is 6.12. The van der Waals surface area contributed by atoms with Gasteiger partial charge >= 0.3 is 0 Å². The van der Waals surface area contributed by atoms with Gasteiger partial charge in [-0.25, -0.2) is 4.90 Å². The molecule has 30 heavy (non-hydrogen) atoms. The topological polar surface area (TPSA) is 63.5 Å². The van der Waals surface area contributed by atoms with Crippen LogP contribution in [0, 0.1) is 6.92 Å². The van der Waals surface area contributed by atoms with E-state index >= 15 is 0 Å². The SMILES string of the molecule is COc1cccc(N2CC[NH+]([C@@H]3CC(=O)N(c4cc(OC)ccc4C)C3=O)CC2)c1. The number of piperazine rings is 1. The fourth-order valence-corrected chi connectivity index (χ4v) is 4.37. The van der Waals surface area contributed by atoms with Crippen LogP contribution in [0.1, 0.15) is 12.0 Å². The van der Waals surface area contributed by atoms with Crippen LogP contribution in [0.5, 0.6) is 11.5 Å². The summed E-state index contributed by atoms with van der Waals surface area (Å²) >= 11 is 0. The van der Waals surface area contributed by atoms with Gasteiger partial charge in [-0.05, 0) is 30.7 Å². The molecule has 0 aliphatic carbocycles. The highest BCUT2D eigenvalue weighted by atomic mass is 16.5. The van der Waals surface area contributed by atoms with E-state index in [0.29, 0.717) is 11.4 Å². The average Bonchev–Trinajstić information content (AvgIpc) is 3.08. The van der Waals surface area contributed by atoms with Gasteiger partial charge in [0.15, 0.2) is 6.04 Å². The van der Waals surface area contributed by atoms with Crippen molar-refractivity contribution in [2.45, 2.75) is 19.4 Å². The number of nitrogens with zero attached hydrogens (tertiary/aromatic N) is 2. The number of quaternary nitrogens is 1. The van der Waals surface area contributed by atoms with Crippen molar-refractivity contribution in [1.82, 2.24) is 0 Å². The molecular formula is C23H28N3O4+. The second kappa shape index (κ2) is 8.36. The number of rotatable bonds is 5. The fourth-order valence-electron chi connectivity index (χ4n) is 4.37. The van der Waals surface area contributed by atoms with Gasteiger partial charge in [-0.1, -0.05) is 12.1 Å². The number of carbonyl (C=O) groups is 2. The number of imide groups is 1. The van der Waals surface area contributed by atoms with E-state index in [9.17, 15) is 9.59 Å². The average molecular weight is 410 g/mol. The molecule has 0 radical (unpaired) electrons. The molecule has 2 amide bonds. The van der Waals surface area contributed by atoms with Crippen molar-refractivity contribution >= 4 is 23.2 Å². The number of hydrogen-bond acceptors (Lipinski definition) is 5. The van der Waals surface area contributed by atoms with Gasteiger partial charge in [-0.3, -0.25) is 9.59 Å². The Morgan fingerprint density at radius 1 is 0.967 bits per heavy atom. The summed E-state index contributed by atoms with van der Waals surface area (Å²) in [5, 5.41) is 0. The number of hydrogen-bond donors (Lipinski definition) is 1. The molecule has 0 unspecified atom stereocenters. The minimum absolute atomic E-state index is 0.110. The molecule has 4 rings (SSSR count). The van der Waals surface area contributed by atoms with Crippen LogP contribution in [0.25, 0.3) is 0 Å². The molecule has 7 nitrogen and oxygen atoms in total. The highest BCUT2D eigenvalue weighted by molar-refractivity contribution is 6.22. The molecule has 1 N–H and O–H groups in total. The molecule has 2 fully saturated rings. The Labute approximate surface area is 176 Å². The molecule has 2 aromatic carbocycles. The van der Waals surface area contributed by atoms with E-state index in [1.54, 1.807) is 20.3 Å². The Balaban J connectivity index is 1.46. The van der Waals surface area contributed by atoms with Crippen molar-refractivity contribution in [1.29, 1.82) is 0 Å². The summed E-state index contributed by atoms with van der Waals surface area (Å²) in [5.41, 5.74) is 2.63. The van der Waals surface area contributed by atoms with Crippen LogP contribution in [0.15, 0.2) is 42.5 Å². The largest absolute Gasteiger partial charge is 0.497 e. The Morgan fingerprint density at radius 3 is 2.37 bits per heavy atom. The normalized spacial score (nSPS) is 20.0. The van der Waals surface area contributed by atoms with Crippen molar-refractivity contribution in [3.63, 3.8) is 0 Å². The quantitative estimate of drug-likeness (QED) is 0.747. The molecule has 0 aromatic heterocycles. The summed E-state index contributed by atoms with van der Waals surface area (Å²) in [7, 11) is 3.25. The number of carbonyl (C=O) groups excluding carboxylic acids is 2. The standard InChI is InChI=1S/C23H27N3O4/c1-16-7-8-19(30-3)14-20(16)26-22(27)15-21(23(26)28)25-11-9-24(10-12-25)17-5-4-6-18(13-17)29-2/h4-8,13-14,21H,9-12,15H2,1-3H3/p+1/t21-/m1/s1. The summed E-state index contributed by atoms with van der Waals surface area (Å²) in [5.74, 6) is 1.23. The molecule has 1 atom stereocenters. The second-order valence-corrected chi connectivity index (χ2v) is 7.82. The number of anilines is 2. The van der Waals surface area contributed by atoms with Gasteiger partial charge < -0.3 is 19.3 Å². The van der Waals surface area contributed by atoms with E-state index in [0.717, 1.165) is 43.2 Å². The lowest BCUT2D eigenvalue weighted by atomic mass is 10.1. The molecule has 158 valence electrons. The number of benzene rings is 2.